The van der Waals surface area contributed by atoms with Gasteiger partial charge in [-0.15, -0.1) is 0 Å². The average molecular weight is 1290 g/mol. The van der Waals surface area contributed by atoms with Gasteiger partial charge in [-0.1, -0.05) is 91.0 Å². The highest BCUT2D eigenvalue weighted by Crippen LogP contribution is 2.76. The summed E-state index contributed by atoms with van der Waals surface area (Å²) in [6.07, 6.45) is -18.6. The summed E-state index contributed by atoms with van der Waals surface area (Å²) in [5.74, 6) is -2.04. The highest BCUT2D eigenvalue weighted by atomic mass is 16.8. The number of phenols is 1. The van der Waals surface area contributed by atoms with Gasteiger partial charge in [-0.3, -0.25) is 9.59 Å². The Balaban J connectivity index is 0.811. The van der Waals surface area contributed by atoms with Gasteiger partial charge in [0.05, 0.1) is 36.4 Å². The number of aliphatic hydroxyl groups excluding tert-OH is 11. The fraction of sp³-hybridized carbons (Fsp3) is 0.836. The molecule has 1 aromatic rings. The van der Waals surface area contributed by atoms with Gasteiger partial charge in [0.2, 0.25) is 6.29 Å². The van der Waals surface area contributed by atoms with Gasteiger partial charge < -0.3 is 109 Å². The van der Waals surface area contributed by atoms with Gasteiger partial charge in [0, 0.05) is 6.54 Å². The van der Waals surface area contributed by atoms with E-state index in [4.69, 9.17) is 37.9 Å². The van der Waals surface area contributed by atoms with E-state index < -0.39 is 174 Å². The van der Waals surface area contributed by atoms with Crippen LogP contribution in [0.15, 0.2) is 35.9 Å². The van der Waals surface area contributed by atoms with Crippen LogP contribution in [-0.2, 0) is 58.7 Å². The number of benzene rings is 1. The third-order valence-electron chi connectivity index (χ3n) is 24.0. The lowest BCUT2D eigenvalue weighted by Crippen LogP contribution is -2.69. The van der Waals surface area contributed by atoms with E-state index >= 15 is 4.79 Å². The molecule has 5 aliphatic carbocycles. The number of hydrogen-bond acceptors (Lipinski definition) is 23. The van der Waals surface area contributed by atoms with Crippen molar-refractivity contribution in [3.8, 4) is 5.75 Å². The average Bonchev–Trinajstić information content (AvgIpc) is 0.673. The molecule has 8 fully saturated rings. The Bertz CT molecular complexity index is 2720. The number of aromatic hydroxyl groups is 1. The maximum atomic E-state index is 15.5. The van der Waals surface area contributed by atoms with Gasteiger partial charge in [0.1, 0.15) is 84.6 Å². The second-order valence-electron chi connectivity index (χ2n) is 30.1. The third-order valence-corrected chi connectivity index (χ3v) is 24.0. The van der Waals surface area contributed by atoms with Gasteiger partial charge >= 0.3 is 5.97 Å². The number of esters is 1. The molecule has 1 aromatic carbocycles. The second-order valence-corrected chi connectivity index (χ2v) is 30.1. The van der Waals surface area contributed by atoms with E-state index in [1.807, 2.05) is 19.1 Å². The predicted octanol–water partition coefficient (Wildman–Crippen LogP) is 2.22. The molecule has 13 N–H and O–H groups in total. The first-order valence-electron chi connectivity index (χ1n) is 33.3. The lowest BCUT2D eigenvalue weighted by atomic mass is 9.33. The van der Waals surface area contributed by atoms with Crippen LogP contribution in [0.5, 0.6) is 5.75 Å². The molecule has 91 heavy (non-hydrogen) atoms. The topological polar surface area (TPSA) is 380 Å². The number of ether oxygens (including phenoxy) is 8. The molecule has 24 nitrogen and oxygen atoms in total. The molecule has 4 saturated heterocycles. The summed E-state index contributed by atoms with van der Waals surface area (Å²) in [6.45, 7) is 15.7. The van der Waals surface area contributed by atoms with Crippen molar-refractivity contribution in [1.29, 1.82) is 0 Å². The van der Waals surface area contributed by atoms with E-state index in [0.717, 1.165) is 50.4 Å². The minimum absolute atomic E-state index is 0.0356. The highest BCUT2D eigenvalue weighted by Gasteiger charge is 2.73. The normalized spacial score (nSPS) is 47.9. The first kappa shape index (κ1) is 70.5. The molecule has 1 amide bonds. The number of hydrogen-bond donors (Lipinski definition) is 13. The number of carbonyl (C=O) groups is 3. The summed E-state index contributed by atoms with van der Waals surface area (Å²) in [5.41, 5.74) is -2.40. The summed E-state index contributed by atoms with van der Waals surface area (Å²) < 4.78 is 48.3. The quantitative estimate of drug-likeness (QED) is 0.0310. The lowest BCUT2D eigenvalue weighted by Gasteiger charge is -2.71. The number of fused-ring (bicyclic) bond motifs is 7. The minimum atomic E-state index is -1.90. The fourth-order valence-corrected chi connectivity index (χ4v) is 18.2. The van der Waals surface area contributed by atoms with Crippen molar-refractivity contribution in [2.45, 2.75) is 287 Å². The van der Waals surface area contributed by atoms with E-state index in [-0.39, 0.29) is 42.4 Å². The molecule has 4 heterocycles. The molecule has 0 bridgehead atoms. The molecule has 0 spiro atoms. The Kier molecular flexibility index (Phi) is 21.1. The summed E-state index contributed by atoms with van der Waals surface area (Å²) in [5, 5.41) is 135. The molecule has 514 valence electrons. The van der Waals surface area contributed by atoms with Gasteiger partial charge in [-0.05, 0) is 148 Å². The number of allylic oxidation sites excluding steroid dienone is 2. The SMILES string of the molecule is CC1O[C@@H](OC(=O)[C@]23CCC(C)(C)CC2C2=CCC4C5(C)CC[C@H](O[C@@H]6OC(C(=O)NCCCCCCCCc7ccc(O)cc7)[C@@H](O)[C@H](O)C6O)[C@](C)(C=O)[C@@H]5CC[C@]4(C)[C@]2(C)CC3O)C(O[C@@H]2OC(C)[C@H](O[C@@H]3OC[C@@H](O)[C@H](O)C3O)[C@H](O)C2O)[C@@H](O)[C@H]1O. The van der Waals surface area contributed by atoms with Crippen molar-refractivity contribution in [3.63, 3.8) is 0 Å². The van der Waals surface area contributed by atoms with Gasteiger partial charge in [0.25, 0.3) is 5.91 Å². The number of aryl methyl sites for hydroxylation is 1. The zero-order chi connectivity index (χ0) is 66.1. The van der Waals surface area contributed by atoms with Crippen molar-refractivity contribution in [1.82, 2.24) is 5.32 Å². The number of carbonyl (C=O) groups excluding carboxylic acids is 3. The molecule has 11 unspecified atom stereocenters. The van der Waals surface area contributed by atoms with E-state index in [0.29, 0.717) is 57.9 Å². The molecular formula is C67H103NO23. The minimum Gasteiger partial charge on any atom is -0.508 e. The summed E-state index contributed by atoms with van der Waals surface area (Å²) in [6, 6.07) is 7.23. The fourth-order valence-electron chi connectivity index (χ4n) is 18.2. The summed E-state index contributed by atoms with van der Waals surface area (Å²) in [4.78, 5) is 42.9. The van der Waals surface area contributed by atoms with E-state index in [9.17, 15) is 70.9 Å². The van der Waals surface area contributed by atoms with Gasteiger partial charge in [-0.2, -0.15) is 0 Å². The Hall–Kier alpha value is -3.35. The van der Waals surface area contributed by atoms with E-state index in [1.54, 1.807) is 12.1 Å². The first-order chi connectivity index (χ1) is 42.9. The molecule has 10 rings (SSSR count). The molecule has 4 saturated carbocycles. The first-order valence-corrected chi connectivity index (χ1v) is 33.3. The molecule has 0 aromatic heterocycles. The van der Waals surface area contributed by atoms with Crippen LogP contribution >= 0.6 is 0 Å². The maximum Gasteiger partial charge on any atom is 0.317 e. The molecule has 9 aliphatic rings. The van der Waals surface area contributed by atoms with Crippen LogP contribution in [0.3, 0.4) is 0 Å². The number of aliphatic hydroxyl groups is 11. The smallest absolute Gasteiger partial charge is 0.317 e. The zero-order valence-corrected chi connectivity index (χ0v) is 53.9. The third kappa shape index (κ3) is 12.9. The number of amides is 1. The number of nitrogens with one attached hydrogen (secondary N) is 1. The summed E-state index contributed by atoms with van der Waals surface area (Å²) in [7, 11) is 0. The van der Waals surface area contributed by atoms with Crippen molar-refractivity contribution >= 4 is 18.2 Å². The van der Waals surface area contributed by atoms with Crippen LogP contribution in [0.25, 0.3) is 0 Å². The Morgan fingerprint density at radius 2 is 1.25 bits per heavy atom. The molecule has 0 radical (unpaired) electrons. The largest absolute Gasteiger partial charge is 0.508 e. The number of unbranched alkanes of at least 4 members (excludes halogenated alkanes) is 5. The molecular weight excluding hydrogens is 1190 g/mol. The van der Waals surface area contributed by atoms with Crippen LogP contribution in [-0.4, -0.2) is 222 Å². The standard InChI is InChI=1S/C67H103NO23/c1-33-44(73)47(76)55(90-58-52(81)49(78)53(34(2)86-58)88-57-50(79)45(74)39(71)31-84-57)60(85-33)91-61(83)67-27-26-62(3,4)29-38(67)37-20-21-41-63(5)24-23-43(64(6,32-69)40(63)22-25-65(41,7)66(37,8)30-42(67)72)87-59-51(80)46(75)48(77)54(89-59)56(82)68-28-14-12-10-9-11-13-15-35-16-18-36(70)19-17-35/h16-20,32-34,38-55,57-60,70-81H,9-15,21-31H2,1-8H3,(H,68,82)/t33?,34?,38?,39-,40-,41?,42?,43+,44+,45+,46+,47+,48+,49-,50?,51?,52?,53+,54?,55?,57+,58+,59-,60+,63?,64-,65+,66-,67-/m1/s1. The van der Waals surface area contributed by atoms with Crippen LogP contribution < -0.4 is 5.32 Å². The summed E-state index contributed by atoms with van der Waals surface area (Å²) >= 11 is 0. The van der Waals surface area contributed by atoms with Crippen LogP contribution in [0, 0.1) is 50.2 Å². The highest BCUT2D eigenvalue weighted by molar-refractivity contribution is 5.82. The zero-order valence-electron chi connectivity index (χ0n) is 53.9. The number of aldehydes is 1. The van der Waals surface area contributed by atoms with Crippen molar-refractivity contribution in [2.75, 3.05) is 13.2 Å². The predicted molar refractivity (Wildman–Crippen MR) is 321 cm³/mol. The van der Waals surface area contributed by atoms with Crippen molar-refractivity contribution in [3.05, 3.63) is 41.5 Å². The van der Waals surface area contributed by atoms with Gasteiger partial charge in [0.15, 0.2) is 31.1 Å². The number of phenolic OH excluding ortho intramolecular Hbond substituents is 1. The van der Waals surface area contributed by atoms with Crippen LogP contribution in [0.1, 0.15) is 157 Å². The molecule has 29 atom stereocenters. The van der Waals surface area contributed by atoms with Crippen LogP contribution in [0.4, 0.5) is 0 Å². The Labute approximate surface area is 532 Å². The second kappa shape index (κ2) is 27.3. The molecule has 4 aliphatic heterocycles. The van der Waals surface area contributed by atoms with Crippen molar-refractivity contribution < 1.29 is 114 Å². The number of rotatable bonds is 19. The Morgan fingerprint density at radius 3 is 1.96 bits per heavy atom. The van der Waals surface area contributed by atoms with Gasteiger partial charge in [-0.25, -0.2) is 0 Å². The van der Waals surface area contributed by atoms with E-state index in [1.165, 1.54) is 19.4 Å². The Morgan fingerprint density at radius 1 is 0.626 bits per heavy atom. The lowest BCUT2D eigenvalue weighted by molar-refractivity contribution is -0.373. The van der Waals surface area contributed by atoms with E-state index in [2.05, 4.69) is 46.0 Å². The molecule has 24 heteroatoms. The van der Waals surface area contributed by atoms with Crippen molar-refractivity contribution in [2.24, 2.45) is 50.2 Å². The van der Waals surface area contributed by atoms with Crippen LogP contribution in [0.2, 0.25) is 0 Å². The maximum absolute atomic E-state index is 15.5. The monoisotopic (exact) mass is 1290 g/mol.